The van der Waals surface area contributed by atoms with Crippen molar-refractivity contribution in [3.63, 3.8) is 0 Å². The maximum absolute atomic E-state index is 12.5. The molecule has 34 heavy (non-hydrogen) atoms. The second-order valence-corrected chi connectivity index (χ2v) is 8.17. The third-order valence-corrected chi connectivity index (χ3v) is 5.47. The molecule has 0 bridgehead atoms. The molecule has 0 atom stereocenters. The van der Waals surface area contributed by atoms with Crippen LogP contribution >= 0.6 is 11.6 Å². The number of carbonyl (C=O) groups is 2. The van der Waals surface area contributed by atoms with Crippen molar-refractivity contribution in [2.24, 2.45) is 0 Å². The molecule has 0 heterocycles. The van der Waals surface area contributed by atoms with Crippen LogP contribution < -0.4 is 15.4 Å². The zero-order chi connectivity index (χ0) is 24.7. The first-order valence-electron chi connectivity index (χ1n) is 10.5. The van der Waals surface area contributed by atoms with Crippen LogP contribution in [0.3, 0.4) is 0 Å². The number of amides is 2. The Morgan fingerprint density at radius 3 is 2.41 bits per heavy atom. The lowest BCUT2D eigenvalue weighted by Crippen LogP contribution is -2.20. The smallest absolute Gasteiger partial charge is 0.266 e. The average molecular weight is 474 g/mol. The number of benzene rings is 3. The van der Waals surface area contributed by atoms with Gasteiger partial charge < -0.3 is 15.4 Å². The van der Waals surface area contributed by atoms with Gasteiger partial charge in [-0.15, -0.1) is 0 Å². The van der Waals surface area contributed by atoms with Gasteiger partial charge in [-0.3, -0.25) is 9.59 Å². The first kappa shape index (κ1) is 24.6. The van der Waals surface area contributed by atoms with Crippen LogP contribution in [0.4, 0.5) is 11.4 Å². The van der Waals surface area contributed by atoms with Crippen LogP contribution in [0.5, 0.6) is 5.75 Å². The van der Waals surface area contributed by atoms with Crippen LogP contribution in [0.2, 0.25) is 5.02 Å². The molecule has 0 saturated carbocycles. The standard InChI is InChI=1S/C27H24ClN3O3/c1-17-8-10-22(12-19(17)3)30-26(32)16-34-25-11-9-20(14-23(25)28)13-21(15-29)27(33)31-24-7-5-4-6-18(24)2/h4-14H,16H2,1-3H3,(H,30,32)(H,31,33)/b21-13-. The summed E-state index contributed by atoms with van der Waals surface area (Å²) in [5, 5.41) is 15.2. The Balaban J connectivity index is 1.64. The fourth-order valence-electron chi connectivity index (χ4n) is 3.10. The average Bonchev–Trinajstić information content (AvgIpc) is 2.80. The Kier molecular flexibility index (Phi) is 8.07. The van der Waals surface area contributed by atoms with Crippen molar-refractivity contribution in [2.75, 3.05) is 17.2 Å². The lowest BCUT2D eigenvalue weighted by atomic mass is 10.1. The third kappa shape index (κ3) is 6.47. The van der Waals surface area contributed by atoms with Gasteiger partial charge in [-0.1, -0.05) is 41.9 Å². The molecule has 0 spiro atoms. The highest BCUT2D eigenvalue weighted by Gasteiger charge is 2.12. The molecule has 3 rings (SSSR count). The fourth-order valence-corrected chi connectivity index (χ4v) is 3.35. The number of hydrogen-bond donors (Lipinski definition) is 2. The second-order valence-electron chi connectivity index (χ2n) is 7.76. The van der Waals surface area contributed by atoms with E-state index in [0.29, 0.717) is 22.7 Å². The number of anilines is 2. The first-order valence-corrected chi connectivity index (χ1v) is 10.9. The quantitative estimate of drug-likeness (QED) is 0.333. The molecule has 7 heteroatoms. The van der Waals surface area contributed by atoms with Crippen molar-refractivity contribution in [3.05, 3.63) is 93.5 Å². The summed E-state index contributed by atoms with van der Waals surface area (Å²) in [4.78, 5) is 24.7. The number of para-hydroxylation sites is 1. The monoisotopic (exact) mass is 473 g/mol. The summed E-state index contributed by atoms with van der Waals surface area (Å²) >= 11 is 6.30. The SMILES string of the molecule is Cc1ccc(NC(=O)COc2ccc(/C=C(/C#N)C(=O)Nc3ccccc3C)cc2Cl)cc1C. The number of aryl methyl sites for hydroxylation is 3. The van der Waals surface area contributed by atoms with E-state index in [4.69, 9.17) is 16.3 Å². The Morgan fingerprint density at radius 1 is 0.971 bits per heavy atom. The first-order chi connectivity index (χ1) is 16.3. The zero-order valence-corrected chi connectivity index (χ0v) is 19.9. The molecule has 172 valence electrons. The van der Waals surface area contributed by atoms with Gasteiger partial charge in [0.25, 0.3) is 11.8 Å². The number of hydrogen-bond acceptors (Lipinski definition) is 4. The van der Waals surface area contributed by atoms with E-state index in [1.165, 1.54) is 6.08 Å². The Bertz CT molecular complexity index is 1310. The van der Waals surface area contributed by atoms with Gasteiger partial charge in [-0.2, -0.15) is 5.26 Å². The van der Waals surface area contributed by atoms with E-state index in [2.05, 4.69) is 10.6 Å². The molecule has 0 aliphatic rings. The lowest BCUT2D eigenvalue weighted by Gasteiger charge is -2.11. The van der Waals surface area contributed by atoms with Gasteiger partial charge >= 0.3 is 0 Å². The van der Waals surface area contributed by atoms with Crippen molar-refractivity contribution in [1.82, 2.24) is 0 Å². The number of nitrogens with zero attached hydrogens (tertiary/aromatic N) is 1. The van der Waals surface area contributed by atoms with Gasteiger partial charge in [0.05, 0.1) is 5.02 Å². The normalized spacial score (nSPS) is 10.9. The molecule has 0 aliphatic carbocycles. The Hall–Kier alpha value is -4.08. The number of ether oxygens (including phenoxy) is 1. The van der Waals surface area contributed by atoms with E-state index >= 15 is 0 Å². The number of halogens is 1. The van der Waals surface area contributed by atoms with Gasteiger partial charge in [0.15, 0.2) is 6.61 Å². The zero-order valence-electron chi connectivity index (χ0n) is 19.1. The van der Waals surface area contributed by atoms with Crippen LogP contribution in [0.1, 0.15) is 22.3 Å². The van der Waals surface area contributed by atoms with Gasteiger partial charge in [-0.05, 0) is 79.4 Å². The molecule has 3 aromatic rings. The molecule has 3 aromatic carbocycles. The summed E-state index contributed by atoms with van der Waals surface area (Å²) in [6.07, 6.45) is 1.44. The van der Waals surface area contributed by atoms with Crippen LogP contribution in [0.25, 0.3) is 6.08 Å². The molecular weight excluding hydrogens is 450 g/mol. The predicted octanol–water partition coefficient (Wildman–Crippen LogP) is 5.83. The maximum Gasteiger partial charge on any atom is 0.266 e. The van der Waals surface area contributed by atoms with Crippen molar-refractivity contribution < 1.29 is 14.3 Å². The Labute approximate surface area is 203 Å². The maximum atomic E-state index is 12.5. The van der Waals surface area contributed by atoms with Gasteiger partial charge in [0.2, 0.25) is 0 Å². The third-order valence-electron chi connectivity index (χ3n) is 5.17. The van der Waals surface area contributed by atoms with Crippen LogP contribution in [-0.2, 0) is 9.59 Å². The minimum Gasteiger partial charge on any atom is -0.482 e. The van der Waals surface area contributed by atoms with E-state index in [1.54, 1.807) is 30.3 Å². The van der Waals surface area contributed by atoms with Crippen molar-refractivity contribution >= 4 is 40.9 Å². The van der Waals surface area contributed by atoms with Crippen LogP contribution in [0, 0.1) is 32.1 Å². The number of nitriles is 1. The van der Waals surface area contributed by atoms with E-state index in [9.17, 15) is 14.9 Å². The second kappa shape index (κ2) is 11.2. The van der Waals surface area contributed by atoms with E-state index in [1.807, 2.05) is 57.2 Å². The van der Waals surface area contributed by atoms with E-state index in [0.717, 1.165) is 16.7 Å². The molecule has 0 aromatic heterocycles. The highest BCUT2D eigenvalue weighted by atomic mass is 35.5. The van der Waals surface area contributed by atoms with E-state index < -0.39 is 5.91 Å². The highest BCUT2D eigenvalue weighted by molar-refractivity contribution is 6.32. The summed E-state index contributed by atoms with van der Waals surface area (Å²) in [6.45, 7) is 5.62. The largest absolute Gasteiger partial charge is 0.482 e. The molecule has 0 radical (unpaired) electrons. The molecule has 0 saturated heterocycles. The van der Waals surface area contributed by atoms with Gasteiger partial charge in [-0.25, -0.2) is 0 Å². The number of carbonyl (C=O) groups excluding carboxylic acids is 2. The number of rotatable bonds is 7. The fraction of sp³-hybridized carbons (Fsp3) is 0.148. The van der Waals surface area contributed by atoms with Crippen molar-refractivity contribution in [3.8, 4) is 11.8 Å². The topological polar surface area (TPSA) is 91.2 Å². The summed E-state index contributed by atoms with van der Waals surface area (Å²) < 4.78 is 5.54. The lowest BCUT2D eigenvalue weighted by molar-refractivity contribution is -0.118. The molecule has 2 amide bonds. The van der Waals surface area contributed by atoms with Crippen LogP contribution in [0.15, 0.2) is 66.2 Å². The predicted molar refractivity (Wildman–Crippen MR) is 135 cm³/mol. The van der Waals surface area contributed by atoms with Gasteiger partial charge in [0.1, 0.15) is 17.4 Å². The Morgan fingerprint density at radius 2 is 1.74 bits per heavy atom. The molecule has 0 fully saturated rings. The van der Waals surface area contributed by atoms with E-state index in [-0.39, 0.29) is 23.1 Å². The minimum atomic E-state index is -0.517. The highest BCUT2D eigenvalue weighted by Crippen LogP contribution is 2.27. The molecule has 0 aliphatic heterocycles. The van der Waals surface area contributed by atoms with Crippen molar-refractivity contribution in [2.45, 2.75) is 20.8 Å². The molecular formula is C27H24ClN3O3. The summed E-state index contributed by atoms with van der Waals surface area (Å²) in [7, 11) is 0. The summed E-state index contributed by atoms with van der Waals surface area (Å²) in [5.41, 5.74) is 4.91. The summed E-state index contributed by atoms with van der Waals surface area (Å²) in [6, 6.07) is 19.7. The van der Waals surface area contributed by atoms with Crippen LogP contribution in [-0.4, -0.2) is 18.4 Å². The summed E-state index contributed by atoms with van der Waals surface area (Å²) in [5.74, 6) is -0.517. The van der Waals surface area contributed by atoms with Gasteiger partial charge in [0, 0.05) is 11.4 Å². The molecule has 2 N–H and O–H groups in total. The van der Waals surface area contributed by atoms with Crippen molar-refractivity contribution in [1.29, 1.82) is 5.26 Å². The molecule has 0 unspecified atom stereocenters. The number of nitrogens with one attached hydrogen (secondary N) is 2. The minimum absolute atomic E-state index is 0.0687. The molecule has 6 nitrogen and oxygen atoms in total.